The van der Waals surface area contributed by atoms with Crippen LogP contribution in [0.25, 0.3) is 10.8 Å². The zero-order chi connectivity index (χ0) is 16.7. The molecule has 2 nitrogen and oxygen atoms in total. The van der Waals surface area contributed by atoms with Gasteiger partial charge in [0.05, 0.1) is 6.61 Å². The number of fused-ring (bicyclic) bond motifs is 1. The molecule has 0 aliphatic rings. The summed E-state index contributed by atoms with van der Waals surface area (Å²) in [5, 5.41) is 15.2. The van der Waals surface area contributed by atoms with Crippen molar-refractivity contribution in [2.45, 2.75) is 26.8 Å². The van der Waals surface area contributed by atoms with Crippen LogP contribution in [0.15, 0.2) is 54.6 Å². The number of hydrogen-bond donors (Lipinski definition) is 2. The molecule has 0 saturated carbocycles. The van der Waals surface area contributed by atoms with E-state index in [0.29, 0.717) is 0 Å². The van der Waals surface area contributed by atoms with Crippen LogP contribution in [0.3, 0.4) is 0 Å². The van der Waals surface area contributed by atoms with E-state index in [0.717, 1.165) is 6.54 Å². The average Bonchev–Trinajstić information content (AvgIpc) is 2.57. The minimum Gasteiger partial charge on any atom is -0.395 e. The van der Waals surface area contributed by atoms with E-state index >= 15 is 0 Å². The Hall–Kier alpha value is -1.79. The maximum absolute atomic E-state index is 9.14. The normalized spacial score (nSPS) is 12.5. The van der Waals surface area contributed by atoms with Gasteiger partial charge in [0.1, 0.15) is 0 Å². The lowest BCUT2D eigenvalue weighted by Crippen LogP contribution is -2.18. The van der Waals surface area contributed by atoms with Gasteiger partial charge in [0, 0.05) is 18.0 Å². The Kier molecular flexibility index (Phi) is 8.01. The summed E-state index contributed by atoms with van der Waals surface area (Å²) in [6, 6.07) is 15.2. The molecule has 0 aliphatic carbocycles. The van der Waals surface area contributed by atoms with Gasteiger partial charge in [-0.2, -0.15) is 0 Å². The van der Waals surface area contributed by atoms with Gasteiger partial charge in [-0.15, -0.1) is 12.4 Å². The molecule has 1 atom stereocenters. The molecular formula is C21H26ClNO. The Morgan fingerprint density at radius 1 is 1.17 bits per heavy atom. The SMILES string of the molecule is C[C@@H](NC/C=C/C#CC(C)(C)CO)c1cccc2ccccc12.Cl. The Morgan fingerprint density at radius 3 is 2.62 bits per heavy atom. The highest BCUT2D eigenvalue weighted by molar-refractivity contribution is 5.86. The van der Waals surface area contributed by atoms with Crippen LogP contribution in [0.4, 0.5) is 0 Å². The van der Waals surface area contributed by atoms with Crippen molar-refractivity contribution in [2.24, 2.45) is 5.41 Å². The molecule has 2 N–H and O–H groups in total. The second-order valence-electron chi connectivity index (χ2n) is 6.41. The number of nitrogens with one attached hydrogen (secondary N) is 1. The largest absolute Gasteiger partial charge is 0.395 e. The summed E-state index contributed by atoms with van der Waals surface area (Å²) in [4.78, 5) is 0. The second kappa shape index (κ2) is 9.49. The molecule has 0 amide bonds. The molecule has 0 heterocycles. The first kappa shape index (κ1) is 20.3. The van der Waals surface area contributed by atoms with Crippen LogP contribution in [0.2, 0.25) is 0 Å². The van der Waals surface area contributed by atoms with Gasteiger partial charge in [-0.3, -0.25) is 0 Å². The predicted octanol–water partition coefficient (Wildman–Crippen LogP) is 4.49. The summed E-state index contributed by atoms with van der Waals surface area (Å²) < 4.78 is 0. The molecule has 0 aromatic heterocycles. The predicted molar refractivity (Wildman–Crippen MR) is 105 cm³/mol. The van der Waals surface area contributed by atoms with E-state index in [1.165, 1.54) is 16.3 Å². The molecule has 0 fully saturated rings. The molecule has 0 aliphatic heterocycles. The van der Waals surface area contributed by atoms with Crippen molar-refractivity contribution in [3.05, 3.63) is 60.2 Å². The van der Waals surface area contributed by atoms with Crippen molar-refractivity contribution in [3.63, 3.8) is 0 Å². The molecule has 24 heavy (non-hydrogen) atoms. The van der Waals surface area contributed by atoms with Gasteiger partial charge in [0.25, 0.3) is 0 Å². The lowest BCUT2D eigenvalue weighted by molar-refractivity contribution is 0.207. The number of benzene rings is 2. The molecule has 2 rings (SSSR count). The van der Waals surface area contributed by atoms with E-state index in [-0.39, 0.29) is 30.5 Å². The fourth-order valence-electron chi connectivity index (χ4n) is 2.38. The van der Waals surface area contributed by atoms with Crippen LogP contribution < -0.4 is 5.32 Å². The van der Waals surface area contributed by atoms with Gasteiger partial charge in [0.15, 0.2) is 0 Å². The lowest BCUT2D eigenvalue weighted by Gasteiger charge is -2.15. The molecule has 0 bridgehead atoms. The number of aliphatic hydroxyl groups excluding tert-OH is 1. The van der Waals surface area contributed by atoms with Gasteiger partial charge in [-0.1, -0.05) is 60.4 Å². The van der Waals surface area contributed by atoms with Crippen molar-refractivity contribution < 1.29 is 5.11 Å². The monoisotopic (exact) mass is 343 g/mol. The fraction of sp³-hybridized carbons (Fsp3) is 0.333. The standard InChI is InChI=1S/C21H25NO.ClH/c1-17(22-15-8-4-7-14-21(2,3)16-23)19-13-9-11-18-10-5-6-12-20(18)19;/h4-6,8-13,17,22-23H,15-16H2,1-3H3;1H/b8-4+;/t17-;/m1./s1. The van der Waals surface area contributed by atoms with Crippen molar-refractivity contribution in [1.29, 1.82) is 0 Å². The molecule has 2 aromatic carbocycles. The molecule has 2 aromatic rings. The summed E-state index contributed by atoms with van der Waals surface area (Å²) in [6.45, 7) is 6.86. The molecule has 0 saturated heterocycles. The van der Waals surface area contributed by atoms with Crippen molar-refractivity contribution in [2.75, 3.05) is 13.2 Å². The molecule has 0 radical (unpaired) electrons. The highest BCUT2D eigenvalue weighted by Crippen LogP contribution is 2.23. The lowest BCUT2D eigenvalue weighted by atomic mass is 9.96. The van der Waals surface area contributed by atoms with Crippen LogP contribution >= 0.6 is 12.4 Å². The highest BCUT2D eigenvalue weighted by atomic mass is 35.5. The third kappa shape index (κ3) is 5.69. The summed E-state index contributed by atoms with van der Waals surface area (Å²) >= 11 is 0. The zero-order valence-electron chi connectivity index (χ0n) is 14.5. The van der Waals surface area contributed by atoms with E-state index in [1.54, 1.807) is 0 Å². The van der Waals surface area contributed by atoms with Crippen LogP contribution in [0.1, 0.15) is 32.4 Å². The average molecular weight is 344 g/mol. The molecule has 0 spiro atoms. The summed E-state index contributed by atoms with van der Waals surface area (Å²) in [7, 11) is 0. The first-order valence-electron chi connectivity index (χ1n) is 8.03. The smallest absolute Gasteiger partial charge is 0.0591 e. The number of allylic oxidation sites excluding steroid dienone is 1. The van der Waals surface area contributed by atoms with E-state index in [2.05, 4.69) is 66.5 Å². The van der Waals surface area contributed by atoms with Gasteiger partial charge in [-0.05, 0) is 43.2 Å². The molecule has 0 unspecified atom stereocenters. The van der Waals surface area contributed by atoms with Crippen LogP contribution in [-0.2, 0) is 0 Å². The van der Waals surface area contributed by atoms with E-state index < -0.39 is 0 Å². The quantitative estimate of drug-likeness (QED) is 0.784. The van der Waals surface area contributed by atoms with Gasteiger partial charge in [0.2, 0.25) is 0 Å². The maximum Gasteiger partial charge on any atom is 0.0591 e. The van der Waals surface area contributed by atoms with E-state index in [4.69, 9.17) is 5.11 Å². The van der Waals surface area contributed by atoms with Gasteiger partial charge in [-0.25, -0.2) is 0 Å². The zero-order valence-corrected chi connectivity index (χ0v) is 15.4. The third-order valence-electron chi connectivity index (χ3n) is 3.84. The van der Waals surface area contributed by atoms with Crippen LogP contribution in [0, 0.1) is 17.3 Å². The number of aliphatic hydroxyl groups is 1. The maximum atomic E-state index is 9.14. The minimum absolute atomic E-state index is 0. The Labute approximate surface area is 151 Å². The molecule has 128 valence electrons. The highest BCUT2D eigenvalue weighted by Gasteiger charge is 2.10. The number of halogens is 1. The number of rotatable bonds is 5. The third-order valence-corrected chi connectivity index (χ3v) is 3.84. The summed E-state index contributed by atoms with van der Waals surface area (Å²) in [6.07, 6.45) is 3.86. The first-order chi connectivity index (χ1) is 11.0. The Bertz CT molecular complexity index is 735. The second-order valence-corrected chi connectivity index (χ2v) is 6.41. The minimum atomic E-state index is -0.339. The van der Waals surface area contributed by atoms with Gasteiger partial charge < -0.3 is 10.4 Å². The summed E-state index contributed by atoms with van der Waals surface area (Å²) in [5.41, 5.74) is 0.970. The topological polar surface area (TPSA) is 32.3 Å². The van der Waals surface area contributed by atoms with E-state index in [1.807, 2.05) is 26.0 Å². The van der Waals surface area contributed by atoms with Gasteiger partial charge >= 0.3 is 0 Å². The van der Waals surface area contributed by atoms with E-state index in [9.17, 15) is 0 Å². The van der Waals surface area contributed by atoms with Crippen LogP contribution in [0.5, 0.6) is 0 Å². The Balaban J connectivity index is 0.00000288. The van der Waals surface area contributed by atoms with Crippen molar-refractivity contribution in [3.8, 4) is 11.8 Å². The van der Waals surface area contributed by atoms with Crippen molar-refractivity contribution in [1.82, 2.24) is 5.32 Å². The van der Waals surface area contributed by atoms with Crippen LogP contribution in [-0.4, -0.2) is 18.3 Å². The Morgan fingerprint density at radius 2 is 1.88 bits per heavy atom. The molecule has 3 heteroatoms. The molecular weight excluding hydrogens is 318 g/mol. The summed E-state index contributed by atoms with van der Waals surface area (Å²) in [5.74, 6) is 6.03. The number of hydrogen-bond acceptors (Lipinski definition) is 2. The fourth-order valence-corrected chi connectivity index (χ4v) is 2.38. The first-order valence-corrected chi connectivity index (χ1v) is 8.03. The van der Waals surface area contributed by atoms with Crippen molar-refractivity contribution >= 4 is 23.2 Å².